The molecule has 0 aromatic heterocycles. The van der Waals surface area contributed by atoms with Gasteiger partial charge in [0.1, 0.15) is 0 Å². The minimum atomic E-state index is -1.26. The zero-order valence-electron chi connectivity index (χ0n) is 11.8. The monoisotopic (exact) mass is 284 g/mol. The van der Waals surface area contributed by atoms with Crippen molar-refractivity contribution in [3.05, 3.63) is 0 Å². The summed E-state index contributed by atoms with van der Waals surface area (Å²) >= 11 is 0. The molecule has 6 heteroatoms. The number of hydrogen-bond donors (Lipinski definition) is 3. The van der Waals surface area contributed by atoms with Crippen molar-refractivity contribution >= 4 is 12.0 Å². The summed E-state index contributed by atoms with van der Waals surface area (Å²) in [5.74, 6) is -1.03. The van der Waals surface area contributed by atoms with E-state index in [0.717, 1.165) is 25.7 Å². The minimum absolute atomic E-state index is 0.0421. The first-order valence-corrected chi connectivity index (χ1v) is 7.52. The summed E-state index contributed by atoms with van der Waals surface area (Å²) in [5, 5.41) is 14.8. The van der Waals surface area contributed by atoms with Crippen LogP contribution in [0.25, 0.3) is 0 Å². The third kappa shape index (κ3) is 3.85. The summed E-state index contributed by atoms with van der Waals surface area (Å²) in [4.78, 5) is 23.4. The van der Waals surface area contributed by atoms with Crippen LogP contribution in [0.15, 0.2) is 0 Å². The number of carbonyl (C=O) groups is 2. The Labute approximate surface area is 119 Å². The van der Waals surface area contributed by atoms with Gasteiger partial charge in [0.25, 0.3) is 0 Å². The second-order valence-corrected chi connectivity index (χ2v) is 5.83. The molecule has 6 nitrogen and oxygen atoms in total. The van der Waals surface area contributed by atoms with Gasteiger partial charge in [-0.15, -0.1) is 0 Å². The van der Waals surface area contributed by atoms with Crippen molar-refractivity contribution < 1.29 is 19.4 Å². The summed E-state index contributed by atoms with van der Waals surface area (Å²) < 4.78 is 5.13. The molecule has 114 valence electrons. The lowest BCUT2D eigenvalue weighted by Gasteiger charge is -2.27. The van der Waals surface area contributed by atoms with E-state index in [2.05, 4.69) is 10.6 Å². The van der Waals surface area contributed by atoms with Crippen LogP contribution < -0.4 is 10.6 Å². The standard InChI is InChI=1S/C14H24N2O4/c17-12(18)14(8-9-20-10-14)16-13(19)15-11-6-4-2-1-3-5-7-11/h11H,1-10H2,(H,17,18)(H2,15,16,19). The average Bonchev–Trinajstić information content (AvgIpc) is 2.82. The van der Waals surface area contributed by atoms with Crippen molar-refractivity contribution in [2.24, 2.45) is 0 Å². The summed E-state index contributed by atoms with van der Waals surface area (Å²) in [5.41, 5.74) is -1.26. The Morgan fingerprint density at radius 1 is 1.10 bits per heavy atom. The highest BCUT2D eigenvalue weighted by atomic mass is 16.5. The maximum Gasteiger partial charge on any atom is 0.332 e. The predicted molar refractivity (Wildman–Crippen MR) is 73.6 cm³/mol. The van der Waals surface area contributed by atoms with Crippen LogP contribution in [0.5, 0.6) is 0 Å². The average molecular weight is 284 g/mol. The van der Waals surface area contributed by atoms with Crippen molar-refractivity contribution in [2.45, 2.75) is 62.9 Å². The van der Waals surface area contributed by atoms with Crippen molar-refractivity contribution in [1.29, 1.82) is 0 Å². The zero-order chi connectivity index (χ0) is 14.4. The first kappa shape index (κ1) is 15.1. The summed E-state index contributed by atoms with van der Waals surface area (Å²) in [6.45, 7) is 0.413. The maximum atomic E-state index is 12.0. The number of rotatable bonds is 3. The van der Waals surface area contributed by atoms with Gasteiger partial charge >= 0.3 is 12.0 Å². The zero-order valence-corrected chi connectivity index (χ0v) is 11.8. The van der Waals surface area contributed by atoms with Crippen LogP contribution in [0.2, 0.25) is 0 Å². The van der Waals surface area contributed by atoms with Gasteiger partial charge in [-0.1, -0.05) is 32.1 Å². The number of ether oxygens (including phenoxy) is 1. The molecule has 2 fully saturated rings. The van der Waals surface area contributed by atoms with Crippen LogP contribution in [-0.2, 0) is 9.53 Å². The molecule has 1 heterocycles. The number of amides is 2. The van der Waals surface area contributed by atoms with Gasteiger partial charge in [0, 0.05) is 19.1 Å². The summed E-state index contributed by atoms with van der Waals surface area (Å²) in [7, 11) is 0. The van der Waals surface area contributed by atoms with Gasteiger partial charge in [-0.05, 0) is 12.8 Å². The van der Waals surface area contributed by atoms with Crippen LogP contribution in [-0.4, -0.2) is 41.9 Å². The Morgan fingerprint density at radius 2 is 1.75 bits per heavy atom. The van der Waals surface area contributed by atoms with Crippen molar-refractivity contribution in [1.82, 2.24) is 10.6 Å². The molecule has 0 radical (unpaired) electrons. The Kier molecular flexibility index (Phi) is 5.23. The summed E-state index contributed by atoms with van der Waals surface area (Å²) in [6.07, 6.45) is 8.22. The fourth-order valence-electron chi connectivity index (χ4n) is 2.92. The third-order valence-electron chi connectivity index (χ3n) is 4.22. The number of hydrogen-bond acceptors (Lipinski definition) is 3. The number of carboxylic acids is 1. The molecule has 3 N–H and O–H groups in total. The van der Waals surface area contributed by atoms with E-state index in [1.165, 1.54) is 19.3 Å². The van der Waals surface area contributed by atoms with E-state index in [4.69, 9.17) is 4.74 Å². The molecule has 0 bridgehead atoms. The first-order valence-electron chi connectivity index (χ1n) is 7.52. The van der Waals surface area contributed by atoms with E-state index in [1.54, 1.807) is 0 Å². The van der Waals surface area contributed by atoms with Crippen LogP contribution in [0.1, 0.15) is 51.4 Å². The number of carbonyl (C=O) groups excluding carboxylic acids is 1. The Hall–Kier alpha value is -1.30. The molecule has 1 aliphatic carbocycles. The maximum absolute atomic E-state index is 12.0. The van der Waals surface area contributed by atoms with Crippen LogP contribution in [0, 0.1) is 0 Å². The second-order valence-electron chi connectivity index (χ2n) is 5.83. The lowest BCUT2D eigenvalue weighted by atomic mass is 9.96. The van der Waals surface area contributed by atoms with E-state index in [-0.39, 0.29) is 18.7 Å². The molecule has 1 atom stereocenters. The molecular weight excluding hydrogens is 260 g/mol. The molecule has 0 spiro atoms. The topological polar surface area (TPSA) is 87.7 Å². The number of carboxylic acid groups (broad SMARTS) is 1. The number of nitrogens with one attached hydrogen (secondary N) is 2. The van der Waals surface area contributed by atoms with Gasteiger partial charge in [-0.2, -0.15) is 0 Å². The minimum Gasteiger partial charge on any atom is -0.479 e. The Morgan fingerprint density at radius 3 is 2.30 bits per heavy atom. The van der Waals surface area contributed by atoms with Crippen LogP contribution in [0.3, 0.4) is 0 Å². The Balaban J connectivity index is 1.85. The predicted octanol–water partition coefficient (Wildman–Crippen LogP) is 1.64. The Bertz CT molecular complexity index is 345. The number of urea groups is 1. The molecule has 0 aromatic rings. The molecule has 2 aliphatic rings. The van der Waals surface area contributed by atoms with Gasteiger partial charge in [-0.3, -0.25) is 0 Å². The number of aliphatic carboxylic acids is 1. The molecule has 20 heavy (non-hydrogen) atoms. The largest absolute Gasteiger partial charge is 0.479 e. The molecule has 1 saturated heterocycles. The fraction of sp³-hybridized carbons (Fsp3) is 0.857. The van der Waals surface area contributed by atoms with E-state index in [1.807, 2.05) is 0 Å². The third-order valence-corrected chi connectivity index (χ3v) is 4.22. The highest BCUT2D eigenvalue weighted by Gasteiger charge is 2.44. The van der Waals surface area contributed by atoms with Gasteiger partial charge in [0.15, 0.2) is 5.54 Å². The van der Waals surface area contributed by atoms with Crippen molar-refractivity contribution in [2.75, 3.05) is 13.2 Å². The highest BCUT2D eigenvalue weighted by molar-refractivity contribution is 5.86. The van der Waals surface area contributed by atoms with E-state index in [0.29, 0.717) is 13.0 Å². The normalized spacial score (nSPS) is 28.4. The SMILES string of the molecule is O=C(NC1CCCCCCC1)NC1(C(=O)O)CCOC1. The van der Waals surface area contributed by atoms with E-state index < -0.39 is 11.5 Å². The highest BCUT2D eigenvalue weighted by Crippen LogP contribution is 2.20. The smallest absolute Gasteiger partial charge is 0.332 e. The van der Waals surface area contributed by atoms with Gasteiger partial charge in [0.05, 0.1) is 6.61 Å². The molecule has 1 aliphatic heterocycles. The van der Waals surface area contributed by atoms with E-state index in [9.17, 15) is 14.7 Å². The fourth-order valence-corrected chi connectivity index (χ4v) is 2.92. The van der Waals surface area contributed by atoms with Crippen LogP contribution in [0.4, 0.5) is 4.79 Å². The lowest BCUT2D eigenvalue weighted by molar-refractivity contribution is -0.144. The van der Waals surface area contributed by atoms with Gasteiger partial charge in [-0.25, -0.2) is 9.59 Å². The lowest BCUT2D eigenvalue weighted by Crippen LogP contribution is -2.58. The molecular formula is C14H24N2O4. The summed E-state index contributed by atoms with van der Waals surface area (Å²) in [6, 6.07) is -0.230. The molecule has 1 unspecified atom stereocenters. The first-order chi connectivity index (χ1) is 9.62. The van der Waals surface area contributed by atoms with E-state index >= 15 is 0 Å². The quantitative estimate of drug-likeness (QED) is 0.735. The molecule has 2 amide bonds. The van der Waals surface area contributed by atoms with Gasteiger partial charge < -0.3 is 20.5 Å². The van der Waals surface area contributed by atoms with Crippen LogP contribution >= 0.6 is 0 Å². The van der Waals surface area contributed by atoms with Crippen molar-refractivity contribution in [3.63, 3.8) is 0 Å². The van der Waals surface area contributed by atoms with Gasteiger partial charge in [0.2, 0.25) is 0 Å². The second kappa shape index (κ2) is 6.92. The molecule has 1 saturated carbocycles. The molecule has 2 rings (SSSR count). The van der Waals surface area contributed by atoms with Crippen molar-refractivity contribution in [3.8, 4) is 0 Å². The molecule has 0 aromatic carbocycles.